The van der Waals surface area contributed by atoms with Gasteiger partial charge in [-0.15, -0.1) is 0 Å². The summed E-state index contributed by atoms with van der Waals surface area (Å²) in [5.41, 5.74) is 1.79. The zero-order valence-corrected chi connectivity index (χ0v) is 17.5. The number of carbonyl (C=O) groups excluding carboxylic acids is 2. The number of benzene rings is 1. The van der Waals surface area contributed by atoms with Gasteiger partial charge >= 0.3 is 6.09 Å². The first-order valence-electron chi connectivity index (χ1n) is 9.50. The van der Waals surface area contributed by atoms with Crippen LogP contribution in [0.3, 0.4) is 0 Å². The zero-order valence-electron chi connectivity index (χ0n) is 17.5. The lowest BCUT2D eigenvalue weighted by Crippen LogP contribution is -2.33. The van der Waals surface area contributed by atoms with E-state index in [9.17, 15) is 9.59 Å². The van der Waals surface area contributed by atoms with Gasteiger partial charge in [0, 0.05) is 40.8 Å². The predicted molar refractivity (Wildman–Crippen MR) is 106 cm³/mol. The van der Waals surface area contributed by atoms with E-state index in [-0.39, 0.29) is 17.9 Å². The number of hydrogen-bond acceptors (Lipinski definition) is 4. The highest BCUT2D eigenvalue weighted by Crippen LogP contribution is 2.20. The number of rotatable bonds is 5. The molecule has 1 saturated heterocycles. The van der Waals surface area contributed by atoms with Crippen molar-refractivity contribution in [3.8, 4) is 0 Å². The van der Waals surface area contributed by atoms with Gasteiger partial charge in [0.25, 0.3) is 0 Å². The van der Waals surface area contributed by atoms with Crippen molar-refractivity contribution in [2.45, 2.75) is 45.9 Å². The van der Waals surface area contributed by atoms with E-state index in [1.54, 1.807) is 16.8 Å². The first-order chi connectivity index (χ1) is 12.5. The van der Waals surface area contributed by atoms with Crippen LogP contribution in [0.5, 0.6) is 0 Å². The van der Waals surface area contributed by atoms with Gasteiger partial charge in [-0.05, 0) is 44.9 Å². The molecule has 0 spiro atoms. The molecule has 150 valence electrons. The summed E-state index contributed by atoms with van der Waals surface area (Å²) in [5.74, 6) is 0.333. The fourth-order valence-corrected chi connectivity index (χ4v) is 3.23. The second kappa shape index (κ2) is 8.74. The molecule has 1 aliphatic heterocycles. The zero-order chi connectivity index (χ0) is 20.2. The minimum atomic E-state index is -0.489. The van der Waals surface area contributed by atoms with Crippen LogP contribution in [0.2, 0.25) is 0 Å². The Morgan fingerprint density at radius 3 is 2.26 bits per heavy atom. The summed E-state index contributed by atoms with van der Waals surface area (Å²) in [6.45, 7) is 8.72. The van der Waals surface area contributed by atoms with Crippen molar-refractivity contribution < 1.29 is 14.3 Å². The fraction of sp³-hybridized carbons (Fsp3) is 0.619. The molecule has 1 heterocycles. The van der Waals surface area contributed by atoms with Gasteiger partial charge < -0.3 is 14.5 Å². The van der Waals surface area contributed by atoms with Crippen molar-refractivity contribution >= 4 is 12.0 Å². The Labute approximate surface area is 163 Å². The largest absolute Gasteiger partial charge is 0.444 e. The quantitative estimate of drug-likeness (QED) is 0.794. The summed E-state index contributed by atoms with van der Waals surface area (Å²) in [6, 6.07) is 8.29. The minimum absolute atomic E-state index is 0.113. The van der Waals surface area contributed by atoms with Crippen LogP contribution < -0.4 is 0 Å². The van der Waals surface area contributed by atoms with Crippen LogP contribution in [-0.2, 0) is 22.6 Å². The summed E-state index contributed by atoms with van der Waals surface area (Å²) >= 11 is 0. The van der Waals surface area contributed by atoms with Crippen molar-refractivity contribution in [3.05, 3.63) is 35.4 Å². The van der Waals surface area contributed by atoms with Crippen LogP contribution in [0.15, 0.2) is 24.3 Å². The van der Waals surface area contributed by atoms with E-state index in [1.807, 2.05) is 34.9 Å². The van der Waals surface area contributed by atoms with Crippen LogP contribution in [0, 0.1) is 5.92 Å². The van der Waals surface area contributed by atoms with Crippen molar-refractivity contribution in [1.82, 2.24) is 14.7 Å². The van der Waals surface area contributed by atoms with Crippen molar-refractivity contribution in [2.24, 2.45) is 5.92 Å². The summed E-state index contributed by atoms with van der Waals surface area (Å²) < 4.78 is 5.38. The van der Waals surface area contributed by atoms with Gasteiger partial charge in [-0.25, -0.2) is 4.79 Å². The molecule has 0 bridgehead atoms. The van der Waals surface area contributed by atoms with Crippen LogP contribution in [-0.4, -0.2) is 66.5 Å². The van der Waals surface area contributed by atoms with E-state index >= 15 is 0 Å². The maximum Gasteiger partial charge on any atom is 0.410 e. The lowest BCUT2D eigenvalue weighted by Gasteiger charge is -2.24. The lowest BCUT2D eigenvalue weighted by atomic mass is 10.1. The topological polar surface area (TPSA) is 53.1 Å². The van der Waals surface area contributed by atoms with E-state index in [2.05, 4.69) is 29.2 Å². The van der Waals surface area contributed by atoms with E-state index in [0.29, 0.717) is 6.54 Å². The number of amides is 2. The van der Waals surface area contributed by atoms with Gasteiger partial charge in [-0.3, -0.25) is 9.69 Å². The van der Waals surface area contributed by atoms with E-state index in [1.165, 1.54) is 5.56 Å². The molecule has 0 aliphatic carbocycles. The third kappa shape index (κ3) is 6.54. The summed E-state index contributed by atoms with van der Waals surface area (Å²) in [5, 5.41) is 0. The van der Waals surface area contributed by atoms with Gasteiger partial charge in [0.05, 0.1) is 5.92 Å². The van der Waals surface area contributed by atoms with Crippen LogP contribution >= 0.6 is 0 Å². The Morgan fingerprint density at radius 2 is 1.70 bits per heavy atom. The standard InChI is InChI=1S/C21H33N3O3/c1-21(2,3)27-20(26)23(6)13-16-7-9-17(10-8-16)14-24-12-11-18(15-24)19(25)22(4)5/h7-10,18H,11-15H2,1-6H3. The Kier molecular flexibility index (Phi) is 6.87. The summed E-state index contributed by atoms with van der Waals surface area (Å²) in [6.07, 6.45) is 0.607. The molecule has 0 radical (unpaired) electrons. The maximum absolute atomic E-state index is 12.1. The third-order valence-electron chi connectivity index (χ3n) is 4.62. The Morgan fingerprint density at radius 1 is 1.11 bits per heavy atom. The molecule has 1 aromatic carbocycles. The summed E-state index contributed by atoms with van der Waals surface area (Å²) in [4.78, 5) is 29.7. The molecule has 1 aliphatic rings. The second-order valence-electron chi connectivity index (χ2n) is 8.61. The van der Waals surface area contributed by atoms with Crippen molar-refractivity contribution in [1.29, 1.82) is 0 Å². The van der Waals surface area contributed by atoms with Crippen LogP contribution in [0.25, 0.3) is 0 Å². The monoisotopic (exact) mass is 375 g/mol. The highest BCUT2D eigenvalue weighted by atomic mass is 16.6. The molecule has 1 unspecified atom stereocenters. The van der Waals surface area contributed by atoms with E-state index < -0.39 is 5.60 Å². The normalized spacial score (nSPS) is 17.6. The van der Waals surface area contributed by atoms with E-state index in [0.717, 1.165) is 31.6 Å². The van der Waals surface area contributed by atoms with Gasteiger partial charge in [-0.1, -0.05) is 24.3 Å². The van der Waals surface area contributed by atoms with Gasteiger partial charge in [0.2, 0.25) is 5.91 Å². The molecule has 0 aromatic heterocycles. The third-order valence-corrected chi connectivity index (χ3v) is 4.62. The average molecular weight is 376 g/mol. The molecule has 0 saturated carbocycles. The van der Waals surface area contributed by atoms with Crippen LogP contribution in [0.1, 0.15) is 38.3 Å². The molecule has 2 rings (SSSR count). The molecule has 1 atom stereocenters. The molecular weight excluding hydrogens is 342 g/mol. The molecule has 6 heteroatoms. The number of ether oxygens (including phenoxy) is 1. The van der Waals surface area contributed by atoms with Crippen LogP contribution in [0.4, 0.5) is 4.79 Å². The second-order valence-corrected chi connectivity index (χ2v) is 8.61. The summed E-state index contributed by atoms with van der Waals surface area (Å²) in [7, 11) is 5.38. The number of likely N-dealkylation sites (tertiary alicyclic amines) is 1. The molecule has 1 aromatic rings. The molecular formula is C21H33N3O3. The highest BCUT2D eigenvalue weighted by molar-refractivity contribution is 5.78. The molecule has 27 heavy (non-hydrogen) atoms. The molecule has 1 fully saturated rings. The van der Waals surface area contributed by atoms with Crippen molar-refractivity contribution in [2.75, 3.05) is 34.2 Å². The SMILES string of the molecule is CN(C)C(=O)C1CCN(Cc2ccc(CN(C)C(=O)OC(C)(C)C)cc2)C1. The first kappa shape index (κ1) is 21.2. The van der Waals surface area contributed by atoms with Crippen molar-refractivity contribution in [3.63, 3.8) is 0 Å². The van der Waals surface area contributed by atoms with Gasteiger partial charge in [-0.2, -0.15) is 0 Å². The molecule has 6 nitrogen and oxygen atoms in total. The average Bonchev–Trinajstić information content (AvgIpc) is 3.02. The molecule has 0 N–H and O–H groups in total. The Bertz CT molecular complexity index is 650. The Hall–Kier alpha value is -2.08. The van der Waals surface area contributed by atoms with Gasteiger partial charge in [0.1, 0.15) is 5.60 Å². The molecule has 2 amide bonds. The highest BCUT2D eigenvalue weighted by Gasteiger charge is 2.29. The number of carbonyl (C=O) groups is 2. The lowest BCUT2D eigenvalue weighted by molar-refractivity contribution is -0.132. The van der Waals surface area contributed by atoms with E-state index in [4.69, 9.17) is 4.74 Å². The number of nitrogens with zero attached hydrogens (tertiary/aromatic N) is 3. The maximum atomic E-state index is 12.1. The smallest absolute Gasteiger partial charge is 0.410 e. The van der Waals surface area contributed by atoms with Gasteiger partial charge in [0.15, 0.2) is 0 Å². The fourth-order valence-electron chi connectivity index (χ4n) is 3.23. The predicted octanol–water partition coefficient (Wildman–Crippen LogP) is 2.96. The minimum Gasteiger partial charge on any atom is -0.444 e. The first-order valence-corrected chi connectivity index (χ1v) is 9.50. The number of hydrogen-bond donors (Lipinski definition) is 0. The Balaban J connectivity index is 1.85.